The summed E-state index contributed by atoms with van der Waals surface area (Å²) in [5.74, 6) is -0.450. The van der Waals surface area contributed by atoms with Gasteiger partial charge in [0.05, 0.1) is 0 Å². The van der Waals surface area contributed by atoms with Gasteiger partial charge in [-0.2, -0.15) is 0 Å². The lowest BCUT2D eigenvalue weighted by Gasteiger charge is -2.33. The molecule has 0 spiro atoms. The maximum atomic E-state index is 13.8. The molecule has 0 radical (unpaired) electrons. The molecule has 1 aromatic heterocycles. The second-order valence-corrected chi connectivity index (χ2v) is 8.70. The molecular weight excluding hydrogens is 422 g/mol. The van der Waals surface area contributed by atoms with Gasteiger partial charge in [-0.3, -0.25) is 0 Å². The lowest BCUT2D eigenvalue weighted by molar-refractivity contribution is -0.154. The van der Waals surface area contributed by atoms with E-state index in [2.05, 4.69) is 9.97 Å². The van der Waals surface area contributed by atoms with Gasteiger partial charge in [-0.1, -0.05) is 0 Å². The van der Waals surface area contributed by atoms with Gasteiger partial charge < -0.3 is 19.2 Å². The molecule has 0 saturated carbocycles. The Kier molecular flexibility index (Phi) is 7.44. The molecule has 1 fully saturated rings. The number of hydrogen-bond acceptors (Lipinski definition) is 8. The number of hydroxylamine groups is 2. The van der Waals surface area contributed by atoms with Gasteiger partial charge in [0.15, 0.2) is 11.6 Å². The second-order valence-electron chi connectivity index (χ2n) is 8.70. The highest BCUT2D eigenvalue weighted by molar-refractivity contribution is 5.60. The zero-order chi connectivity index (χ0) is 23.3. The van der Waals surface area contributed by atoms with Crippen LogP contribution in [-0.4, -0.2) is 53.5 Å². The summed E-state index contributed by atoms with van der Waals surface area (Å²) in [6, 6.07) is 4.56. The van der Waals surface area contributed by atoms with Gasteiger partial charge in [0.1, 0.15) is 23.6 Å². The van der Waals surface area contributed by atoms with E-state index in [1.807, 2.05) is 11.9 Å². The number of benzene rings is 1. The Bertz CT molecular complexity index is 930. The highest BCUT2D eigenvalue weighted by Crippen LogP contribution is 2.26. The number of halogens is 2. The van der Waals surface area contributed by atoms with Crippen molar-refractivity contribution in [2.24, 2.45) is 5.92 Å². The van der Waals surface area contributed by atoms with Crippen LogP contribution in [0.3, 0.4) is 0 Å². The zero-order valence-corrected chi connectivity index (χ0v) is 18.7. The van der Waals surface area contributed by atoms with Crippen LogP contribution < -0.4 is 9.64 Å². The van der Waals surface area contributed by atoms with E-state index in [0.717, 1.165) is 31.0 Å². The molecule has 0 N–H and O–H groups in total. The van der Waals surface area contributed by atoms with Gasteiger partial charge in [0.25, 0.3) is 0 Å². The molecule has 1 saturated heterocycles. The fourth-order valence-electron chi connectivity index (χ4n) is 3.30. The van der Waals surface area contributed by atoms with Gasteiger partial charge in [-0.05, 0) is 51.7 Å². The molecule has 2 aromatic rings. The van der Waals surface area contributed by atoms with Crippen LogP contribution >= 0.6 is 0 Å². The summed E-state index contributed by atoms with van der Waals surface area (Å²) in [6.45, 7) is 7.28. The van der Waals surface area contributed by atoms with Crippen LogP contribution in [0.15, 0.2) is 30.6 Å². The lowest BCUT2D eigenvalue weighted by atomic mass is 9.97. The van der Waals surface area contributed by atoms with Crippen LogP contribution in [0.5, 0.6) is 11.6 Å². The first kappa shape index (κ1) is 23.6. The SMILES string of the molecule is CN(CC1CCN(OC(=O)OC(C)(C)C)CC1)c1cc(Oc2cc(F)ccc2F)ncn1. The maximum Gasteiger partial charge on any atom is 0.528 e. The summed E-state index contributed by atoms with van der Waals surface area (Å²) in [5.41, 5.74) is -0.599. The van der Waals surface area contributed by atoms with Crippen molar-refractivity contribution < 1.29 is 27.9 Å². The Labute approximate surface area is 186 Å². The molecule has 0 amide bonds. The third-order valence-electron chi connectivity index (χ3n) is 4.83. The molecule has 1 aliphatic rings. The average molecular weight is 450 g/mol. The summed E-state index contributed by atoms with van der Waals surface area (Å²) < 4.78 is 37.8. The van der Waals surface area contributed by atoms with E-state index < -0.39 is 23.4 Å². The van der Waals surface area contributed by atoms with E-state index in [1.165, 1.54) is 6.33 Å². The predicted molar refractivity (Wildman–Crippen MR) is 113 cm³/mol. The number of piperidine rings is 1. The van der Waals surface area contributed by atoms with Gasteiger partial charge in [0, 0.05) is 38.8 Å². The van der Waals surface area contributed by atoms with E-state index in [4.69, 9.17) is 14.3 Å². The summed E-state index contributed by atoms with van der Waals surface area (Å²) >= 11 is 0. The van der Waals surface area contributed by atoms with E-state index >= 15 is 0 Å². The first-order valence-corrected chi connectivity index (χ1v) is 10.4. The monoisotopic (exact) mass is 450 g/mol. The van der Waals surface area contributed by atoms with Crippen LogP contribution in [0, 0.1) is 17.6 Å². The van der Waals surface area contributed by atoms with E-state index in [1.54, 1.807) is 31.9 Å². The van der Waals surface area contributed by atoms with E-state index in [-0.39, 0.29) is 11.6 Å². The number of ether oxygens (including phenoxy) is 2. The van der Waals surface area contributed by atoms with Crippen molar-refractivity contribution in [3.8, 4) is 11.6 Å². The zero-order valence-electron chi connectivity index (χ0n) is 18.7. The van der Waals surface area contributed by atoms with Crippen molar-refractivity contribution >= 4 is 12.0 Å². The molecule has 32 heavy (non-hydrogen) atoms. The molecule has 1 aliphatic heterocycles. The Morgan fingerprint density at radius 3 is 2.59 bits per heavy atom. The van der Waals surface area contributed by atoms with E-state index in [0.29, 0.717) is 31.4 Å². The Hall–Kier alpha value is -3.01. The maximum absolute atomic E-state index is 13.8. The third kappa shape index (κ3) is 7.01. The van der Waals surface area contributed by atoms with Crippen LogP contribution in [-0.2, 0) is 9.57 Å². The van der Waals surface area contributed by atoms with E-state index in [9.17, 15) is 13.6 Å². The molecule has 0 atom stereocenters. The molecule has 174 valence electrons. The molecule has 1 aromatic carbocycles. The summed E-state index contributed by atoms with van der Waals surface area (Å²) in [7, 11) is 1.89. The average Bonchev–Trinajstić information content (AvgIpc) is 2.71. The quantitative estimate of drug-likeness (QED) is 0.593. The molecule has 0 aliphatic carbocycles. The molecule has 3 rings (SSSR count). The van der Waals surface area contributed by atoms with Gasteiger partial charge in [-0.25, -0.2) is 23.5 Å². The summed E-state index contributed by atoms with van der Waals surface area (Å²) in [4.78, 5) is 27.2. The predicted octanol–water partition coefficient (Wildman–Crippen LogP) is 4.56. The molecule has 8 nitrogen and oxygen atoms in total. The standard InChI is InChI=1S/C22H28F2N4O4/c1-22(2,3)31-21(29)32-28-9-7-15(8-10-28)13-27(4)19-12-20(26-14-25-19)30-18-11-16(23)5-6-17(18)24/h5-6,11-12,14-15H,7-10,13H2,1-4H3. The molecular formula is C22H28F2N4O4. The van der Waals surface area contributed by atoms with Crippen molar-refractivity contribution in [3.05, 3.63) is 42.2 Å². The number of rotatable bonds is 6. The number of carbonyl (C=O) groups is 1. The first-order valence-electron chi connectivity index (χ1n) is 10.4. The molecule has 2 heterocycles. The van der Waals surface area contributed by atoms with Gasteiger partial charge in [-0.15, -0.1) is 5.06 Å². The number of carbonyl (C=O) groups excluding carboxylic acids is 1. The van der Waals surface area contributed by atoms with Crippen LogP contribution in [0.25, 0.3) is 0 Å². The van der Waals surface area contributed by atoms with Crippen molar-refractivity contribution in [1.29, 1.82) is 0 Å². The van der Waals surface area contributed by atoms with Gasteiger partial charge in [0.2, 0.25) is 5.88 Å². The smallest absolute Gasteiger partial charge is 0.436 e. The van der Waals surface area contributed by atoms with Crippen molar-refractivity contribution in [2.45, 2.75) is 39.2 Å². The van der Waals surface area contributed by atoms with Crippen LogP contribution in [0.4, 0.5) is 19.4 Å². The molecule has 10 heteroatoms. The normalized spacial score (nSPS) is 15.3. The first-order chi connectivity index (χ1) is 15.1. The van der Waals surface area contributed by atoms with Crippen molar-refractivity contribution in [1.82, 2.24) is 15.0 Å². The fourth-order valence-corrected chi connectivity index (χ4v) is 3.30. The summed E-state index contributed by atoms with van der Waals surface area (Å²) in [6.07, 6.45) is 2.28. The second kappa shape index (κ2) is 10.1. The third-order valence-corrected chi connectivity index (χ3v) is 4.83. The minimum absolute atomic E-state index is 0.118. The number of hydrogen-bond donors (Lipinski definition) is 0. The minimum Gasteiger partial charge on any atom is -0.436 e. The Balaban J connectivity index is 1.51. The van der Waals surface area contributed by atoms with Crippen LogP contribution in [0.2, 0.25) is 0 Å². The number of nitrogens with zero attached hydrogens (tertiary/aromatic N) is 4. The van der Waals surface area contributed by atoms with Crippen molar-refractivity contribution in [3.63, 3.8) is 0 Å². The van der Waals surface area contributed by atoms with Crippen LogP contribution in [0.1, 0.15) is 33.6 Å². The molecule has 0 bridgehead atoms. The van der Waals surface area contributed by atoms with Crippen molar-refractivity contribution in [2.75, 3.05) is 31.6 Å². The minimum atomic E-state index is -0.698. The molecule has 0 unspecified atom stereocenters. The highest BCUT2D eigenvalue weighted by atomic mass is 19.1. The fraction of sp³-hybridized carbons (Fsp3) is 0.500. The topological polar surface area (TPSA) is 77.0 Å². The Morgan fingerprint density at radius 2 is 1.91 bits per heavy atom. The Morgan fingerprint density at radius 1 is 1.19 bits per heavy atom. The number of anilines is 1. The van der Waals surface area contributed by atoms with Gasteiger partial charge >= 0.3 is 6.16 Å². The largest absolute Gasteiger partial charge is 0.528 e. The lowest BCUT2D eigenvalue weighted by Crippen LogP contribution is -2.40. The summed E-state index contributed by atoms with van der Waals surface area (Å²) in [5, 5.41) is 1.62. The number of aromatic nitrogens is 2. The highest BCUT2D eigenvalue weighted by Gasteiger charge is 2.26.